The van der Waals surface area contributed by atoms with Gasteiger partial charge in [-0.05, 0) is 56.2 Å². The summed E-state index contributed by atoms with van der Waals surface area (Å²) < 4.78 is 0. The van der Waals surface area contributed by atoms with Crippen LogP contribution in [0.4, 0.5) is 5.69 Å². The monoisotopic (exact) mass is 354 g/mol. The van der Waals surface area contributed by atoms with Crippen LogP contribution in [-0.4, -0.2) is 16.9 Å². The highest BCUT2D eigenvalue weighted by atomic mass is 32.2. The smallest absolute Gasteiger partial charge is 0.224 e. The second-order valence-electron chi connectivity index (χ2n) is 5.42. The van der Waals surface area contributed by atoms with Crippen molar-refractivity contribution in [3.8, 4) is 6.07 Å². The number of aromatic nitrogens is 1. The maximum atomic E-state index is 11.6. The lowest BCUT2D eigenvalue weighted by atomic mass is 10.1. The number of nitrogens with one attached hydrogen (secondary N) is 1. The first-order valence-electron chi connectivity index (χ1n) is 7.55. The molecule has 0 unspecified atom stereocenters. The molecule has 1 heterocycles. The SMILES string of the molecule is Cc1cc(C)c(C#N)c(Sc2ccc(NC(=O)CCC(=O)[O-])cc2)n1. The van der Waals surface area contributed by atoms with Crippen molar-refractivity contribution >= 4 is 29.3 Å². The topological polar surface area (TPSA) is 106 Å². The zero-order valence-corrected chi connectivity index (χ0v) is 14.6. The van der Waals surface area contributed by atoms with Gasteiger partial charge in [0.1, 0.15) is 11.1 Å². The van der Waals surface area contributed by atoms with Crippen molar-refractivity contribution in [3.05, 3.63) is 47.2 Å². The molecule has 0 saturated heterocycles. The molecule has 0 aliphatic heterocycles. The molecule has 0 fully saturated rings. The fraction of sp³-hybridized carbons (Fsp3) is 0.222. The second-order valence-corrected chi connectivity index (χ2v) is 6.48. The molecule has 0 bridgehead atoms. The van der Waals surface area contributed by atoms with Gasteiger partial charge in [0.2, 0.25) is 5.91 Å². The number of pyridine rings is 1. The highest BCUT2D eigenvalue weighted by Crippen LogP contribution is 2.31. The first-order valence-corrected chi connectivity index (χ1v) is 8.36. The second kappa shape index (κ2) is 8.31. The van der Waals surface area contributed by atoms with Crippen LogP contribution in [0.1, 0.15) is 29.7 Å². The van der Waals surface area contributed by atoms with Crippen LogP contribution in [0.15, 0.2) is 40.3 Å². The van der Waals surface area contributed by atoms with E-state index >= 15 is 0 Å². The summed E-state index contributed by atoms with van der Waals surface area (Å²) in [6.07, 6.45) is -0.439. The quantitative estimate of drug-likeness (QED) is 0.852. The van der Waals surface area contributed by atoms with E-state index in [1.807, 2.05) is 19.9 Å². The summed E-state index contributed by atoms with van der Waals surface area (Å²) in [7, 11) is 0. The molecule has 6 nitrogen and oxygen atoms in total. The fourth-order valence-electron chi connectivity index (χ4n) is 2.17. The van der Waals surface area contributed by atoms with E-state index in [2.05, 4.69) is 16.4 Å². The number of carbonyl (C=O) groups excluding carboxylic acids is 2. The normalized spacial score (nSPS) is 10.1. The van der Waals surface area contributed by atoms with Crippen molar-refractivity contribution in [2.24, 2.45) is 0 Å². The van der Waals surface area contributed by atoms with Gasteiger partial charge in [-0.25, -0.2) is 4.98 Å². The summed E-state index contributed by atoms with van der Waals surface area (Å²) in [6, 6.07) is 11.1. The van der Waals surface area contributed by atoms with Gasteiger partial charge in [-0.1, -0.05) is 11.8 Å². The van der Waals surface area contributed by atoms with Gasteiger partial charge in [0.15, 0.2) is 0 Å². The molecule has 0 aliphatic carbocycles. The molecule has 0 saturated carbocycles. The summed E-state index contributed by atoms with van der Waals surface area (Å²) >= 11 is 1.38. The summed E-state index contributed by atoms with van der Waals surface area (Å²) in [5, 5.41) is 22.9. The van der Waals surface area contributed by atoms with Crippen molar-refractivity contribution in [1.29, 1.82) is 5.26 Å². The highest BCUT2D eigenvalue weighted by molar-refractivity contribution is 7.99. The van der Waals surface area contributed by atoms with Crippen LogP contribution in [0.5, 0.6) is 0 Å². The van der Waals surface area contributed by atoms with E-state index in [4.69, 9.17) is 0 Å². The Morgan fingerprint density at radius 3 is 2.52 bits per heavy atom. The van der Waals surface area contributed by atoms with Crippen LogP contribution in [0.25, 0.3) is 0 Å². The molecular weight excluding hydrogens is 338 g/mol. The maximum Gasteiger partial charge on any atom is 0.224 e. The van der Waals surface area contributed by atoms with Crippen molar-refractivity contribution < 1.29 is 14.7 Å². The Morgan fingerprint density at radius 2 is 1.92 bits per heavy atom. The Kier molecular flexibility index (Phi) is 6.14. The van der Waals surface area contributed by atoms with Crippen molar-refractivity contribution in [2.75, 3.05) is 5.32 Å². The Hall–Kier alpha value is -2.85. The molecule has 1 amide bonds. The van der Waals surface area contributed by atoms with Gasteiger partial charge in [0.25, 0.3) is 0 Å². The highest BCUT2D eigenvalue weighted by Gasteiger charge is 2.10. The standard InChI is InChI=1S/C18H17N3O3S/c1-11-9-12(2)20-18(15(11)10-19)25-14-5-3-13(4-6-14)21-16(22)7-8-17(23)24/h3-6,9H,7-8H2,1-2H3,(H,21,22)(H,23,24)/p-1. The molecule has 25 heavy (non-hydrogen) atoms. The van der Waals surface area contributed by atoms with Gasteiger partial charge in [0, 0.05) is 28.7 Å². The average Bonchev–Trinajstić information content (AvgIpc) is 2.54. The number of rotatable bonds is 6. The zero-order chi connectivity index (χ0) is 18.4. The number of nitriles is 1. The zero-order valence-electron chi connectivity index (χ0n) is 13.8. The van der Waals surface area contributed by atoms with Gasteiger partial charge >= 0.3 is 0 Å². The van der Waals surface area contributed by atoms with E-state index < -0.39 is 5.97 Å². The molecule has 0 atom stereocenters. The lowest BCUT2D eigenvalue weighted by molar-refractivity contribution is -0.305. The maximum absolute atomic E-state index is 11.6. The summed E-state index contributed by atoms with van der Waals surface area (Å²) in [4.78, 5) is 27.2. The molecular formula is C18H16N3O3S-. The molecule has 1 aromatic heterocycles. The van der Waals surface area contributed by atoms with Gasteiger partial charge in [-0.15, -0.1) is 0 Å². The molecule has 1 N–H and O–H groups in total. The number of hydrogen-bond acceptors (Lipinski definition) is 6. The number of aryl methyl sites for hydroxylation is 2. The minimum Gasteiger partial charge on any atom is -0.550 e. The van der Waals surface area contributed by atoms with Gasteiger partial charge in [0.05, 0.1) is 5.56 Å². The fourth-order valence-corrected chi connectivity index (χ4v) is 3.16. The van der Waals surface area contributed by atoms with Gasteiger partial charge in [-0.2, -0.15) is 5.26 Å². The third-order valence-corrected chi connectivity index (χ3v) is 4.33. The van der Waals surface area contributed by atoms with E-state index in [-0.39, 0.29) is 18.7 Å². The Bertz CT molecular complexity index is 842. The predicted molar refractivity (Wildman–Crippen MR) is 91.9 cm³/mol. The molecule has 0 spiro atoms. The van der Waals surface area contributed by atoms with Crippen molar-refractivity contribution in [3.63, 3.8) is 0 Å². The molecule has 2 aromatic rings. The number of carbonyl (C=O) groups is 2. The number of anilines is 1. The van der Waals surface area contributed by atoms with E-state index in [1.165, 1.54) is 11.8 Å². The Labute approximate surface area is 149 Å². The average molecular weight is 354 g/mol. The molecule has 0 radical (unpaired) electrons. The molecule has 1 aromatic carbocycles. The first-order chi connectivity index (χ1) is 11.9. The first kappa shape index (κ1) is 18.5. The lowest BCUT2D eigenvalue weighted by Gasteiger charge is -2.09. The van der Waals surface area contributed by atoms with E-state index in [0.717, 1.165) is 16.2 Å². The largest absolute Gasteiger partial charge is 0.550 e. The number of benzene rings is 1. The Balaban J connectivity index is 2.08. The third kappa shape index (κ3) is 5.33. The minimum atomic E-state index is -1.25. The van der Waals surface area contributed by atoms with Crippen LogP contribution >= 0.6 is 11.8 Å². The minimum absolute atomic E-state index is 0.128. The van der Waals surface area contributed by atoms with Crippen LogP contribution in [-0.2, 0) is 9.59 Å². The lowest BCUT2D eigenvalue weighted by Crippen LogP contribution is -2.24. The predicted octanol–water partition coefficient (Wildman–Crippen LogP) is 2.19. The van der Waals surface area contributed by atoms with Crippen LogP contribution in [0.2, 0.25) is 0 Å². The molecule has 7 heteroatoms. The van der Waals surface area contributed by atoms with E-state index in [1.54, 1.807) is 24.3 Å². The molecule has 128 valence electrons. The van der Waals surface area contributed by atoms with Crippen LogP contribution in [0, 0.1) is 25.2 Å². The summed E-state index contributed by atoms with van der Waals surface area (Å²) in [5.41, 5.74) is 2.85. The van der Waals surface area contributed by atoms with E-state index in [9.17, 15) is 20.0 Å². The van der Waals surface area contributed by atoms with Crippen LogP contribution in [0.3, 0.4) is 0 Å². The van der Waals surface area contributed by atoms with Crippen molar-refractivity contribution in [1.82, 2.24) is 4.98 Å². The van der Waals surface area contributed by atoms with Crippen LogP contribution < -0.4 is 10.4 Å². The molecule has 2 rings (SSSR count). The number of aliphatic carboxylic acids is 1. The Morgan fingerprint density at radius 1 is 1.24 bits per heavy atom. The number of carboxylic acids is 1. The van der Waals surface area contributed by atoms with Gasteiger partial charge < -0.3 is 15.2 Å². The number of amides is 1. The number of carboxylic acid groups (broad SMARTS) is 1. The number of nitrogens with zero attached hydrogens (tertiary/aromatic N) is 2. The van der Waals surface area contributed by atoms with E-state index in [0.29, 0.717) is 16.3 Å². The molecule has 0 aliphatic rings. The summed E-state index contributed by atoms with van der Waals surface area (Å²) in [5.74, 6) is -1.64. The third-order valence-electron chi connectivity index (χ3n) is 3.33. The van der Waals surface area contributed by atoms with Gasteiger partial charge in [-0.3, -0.25) is 4.79 Å². The van der Waals surface area contributed by atoms with Crippen molar-refractivity contribution in [2.45, 2.75) is 36.6 Å². The summed E-state index contributed by atoms with van der Waals surface area (Å²) in [6.45, 7) is 3.76. The number of hydrogen-bond donors (Lipinski definition) is 1.